The van der Waals surface area contributed by atoms with E-state index >= 15 is 0 Å². The summed E-state index contributed by atoms with van der Waals surface area (Å²) in [5, 5.41) is 0. The van der Waals surface area contributed by atoms with E-state index in [2.05, 4.69) is 55.5 Å². The second-order valence-electron chi connectivity index (χ2n) is 3.42. The summed E-state index contributed by atoms with van der Waals surface area (Å²) in [5.41, 5.74) is 3.97. The summed E-state index contributed by atoms with van der Waals surface area (Å²) in [6.07, 6.45) is 1.11. The lowest BCUT2D eigenvalue weighted by Gasteiger charge is -2.02. The molecule has 0 saturated carbocycles. The second-order valence-corrected chi connectivity index (χ2v) is 3.42. The minimum absolute atomic E-state index is 1.11. The van der Waals surface area contributed by atoms with Crippen molar-refractivity contribution in [3.8, 4) is 11.1 Å². The Labute approximate surface area is 96.8 Å². The summed E-state index contributed by atoms with van der Waals surface area (Å²) in [5.74, 6) is 0. The summed E-state index contributed by atoms with van der Waals surface area (Å²) >= 11 is 0. The van der Waals surface area contributed by atoms with Crippen LogP contribution in [0.2, 0.25) is 0 Å². The molecule has 0 saturated heterocycles. The van der Waals surface area contributed by atoms with E-state index in [-0.39, 0.29) is 0 Å². The van der Waals surface area contributed by atoms with Gasteiger partial charge < -0.3 is 4.79 Å². The van der Waals surface area contributed by atoms with E-state index in [1.807, 2.05) is 12.9 Å². The van der Waals surface area contributed by atoms with E-state index in [4.69, 9.17) is 4.79 Å². The average molecular weight is 212 g/mol. The average Bonchev–Trinajstić information content (AvgIpc) is 2.42. The van der Waals surface area contributed by atoms with Crippen molar-refractivity contribution in [2.75, 3.05) is 0 Å². The highest BCUT2D eigenvalue weighted by Gasteiger charge is 1.95. The Kier molecular flexibility index (Phi) is 5.00. The largest absolute Gasteiger partial charge is 0.307 e. The normalized spacial score (nSPS) is 9.06. The van der Waals surface area contributed by atoms with Crippen LogP contribution in [-0.4, -0.2) is 6.79 Å². The zero-order chi connectivity index (χ0) is 11.8. The van der Waals surface area contributed by atoms with Crippen LogP contribution in [-0.2, 0) is 11.2 Å². The molecular weight excluding hydrogens is 196 g/mol. The molecule has 0 aliphatic heterocycles. The molecule has 2 aromatic carbocycles. The molecule has 0 bridgehead atoms. The third kappa shape index (κ3) is 3.06. The molecule has 0 radical (unpaired) electrons. The van der Waals surface area contributed by atoms with Crippen molar-refractivity contribution in [2.24, 2.45) is 0 Å². The van der Waals surface area contributed by atoms with Crippen molar-refractivity contribution in [3.05, 3.63) is 60.2 Å². The predicted molar refractivity (Wildman–Crippen MR) is 68.4 cm³/mol. The highest BCUT2D eigenvalue weighted by atomic mass is 16.1. The molecule has 2 aromatic rings. The van der Waals surface area contributed by atoms with E-state index in [1.165, 1.54) is 16.7 Å². The highest BCUT2D eigenvalue weighted by Crippen LogP contribution is 2.19. The van der Waals surface area contributed by atoms with Crippen LogP contribution in [0.4, 0.5) is 0 Å². The number of rotatable bonds is 2. The van der Waals surface area contributed by atoms with Crippen LogP contribution in [0, 0.1) is 0 Å². The van der Waals surface area contributed by atoms with Gasteiger partial charge in [0.05, 0.1) is 0 Å². The van der Waals surface area contributed by atoms with E-state index in [1.54, 1.807) is 0 Å². The van der Waals surface area contributed by atoms with Crippen LogP contribution in [0.15, 0.2) is 54.6 Å². The van der Waals surface area contributed by atoms with Crippen molar-refractivity contribution in [3.63, 3.8) is 0 Å². The van der Waals surface area contributed by atoms with Gasteiger partial charge in [0.15, 0.2) is 0 Å². The Bertz CT molecular complexity index is 403. The number of benzene rings is 2. The molecule has 0 unspecified atom stereocenters. The molecule has 16 heavy (non-hydrogen) atoms. The Hall–Kier alpha value is -1.89. The zero-order valence-corrected chi connectivity index (χ0v) is 9.52. The summed E-state index contributed by atoms with van der Waals surface area (Å²) in [7, 11) is 0. The van der Waals surface area contributed by atoms with Gasteiger partial charge in [0, 0.05) is 0 Å². The molecule has 0 aromatic heterocycles. The van der Waals surface area contributed by atoms with E-state index < -0.39 is 0 Å². The zero-order valence-electron chi connectivity index (χ0n) is 9.52. The van der Waals surface area contributed by atoms with Crippen LogP contribution in [0.25, 0.3) is 11.1 Å². The summed E-state index contributed by atoms with van der Waals surface area (Å²) in [6.45, 7) is 4.18. The van der Waals surface area contributed by atoms with Crippen LogP contribution in [0.1, 0.15) is 12.5 Å². The smallest absolute Gasteiger partial charge is 0.106 e. The third-order valence-electron chi connectivity index (χ3n) is 2.47. The Morgan fingerprint density at radius 2 is 1.31 bits per heavy atom. The standard InChI is InChI=1S/C14H14.CH2O/c1-2-12-8-10-14(11-9-12)13-6-4-3-5-7-13;1-2/h3-11H,2H2,1H3;1H2. The lowest BCUT2D eigenvalue weighted by molar-refractivity contribution is -0.0979. The molecule has 1 nitrogen and oxygen atoms in total. The van der Waals surface area contributed by atoms with Gasteiger partial charge in [0.1, 0.15) is 6.79 Å². The van der Waals surface area contributed by atoms with Gasteiger partial charge in [-0.05, 0) is 23.1 Å². The summed E-state index contributed by atoms with van der Waals surface area (Å²) in [4.78, 5) is 8.00. The third-order valence-corrected chi connectivity index (χ3v) is 2.47. The van der Waals surface area contributed by atoms with Gasteiger partial charge in [-0.15, -0.1) is 0 Å². The number of carbonyl (C=O) groups is 1. The maximum Gasteiger partial charge on any atom is 0.106 e. The number of carbonyl (C=O) groups excluding carboxylic acids is 1. The first-order chi connectivity index (χ1) is 7.90. The SMILES string of the molecule is C=O.CCc1ccc(-c2ccccc2)cc1. The van der Waals surface area contributed by atoms with Crippen molar-refractivity contribution >= 4 is 6.79 Å². The fourth-order valence-electron chi connectivity index (χ4n) is 1.56. The van der Waals surface area contributed by atoms with Crippen molar-refractivity contribution in [1.82, 2.24) is 0 Å². The predicted octanol–water partition coefficient (Wildman–Crippen LogP) is 3.73. The van der Waals surface area contributed by atoms with Crippen LogP contribution < -0.4 is 0 Å². The quantitative estimate of drug-likeness (QED) is 0.741. The first kappa shape index (κ1) is 12.2. The molecule has 0 atom stereocenters. The molecule has 0 N–H and O–H groups in total. The fraction of sp³-hybridized carbons (Fsp3) is 0.133. The highest BCUT2D eigenvalue weighted by molar-refractivity contribution is 5.63. The second kappa shape index (κ2) is 6.57. The lowest BCUT2D eigenvalue weighted by Crippen LogP contribution is -1.80. The fourth-order valence-corrected chi connectivity index (χ4v) is 1.56. The van der Waals surface area contributed by atoms with Gasteiger partial charge in [-0.25, -0.2) is 0 Å². The summed E-state index contributed by atoms with van der Waals surface area (Å²) < 4.78 is 0. The number of aryl methyl sites for hydroxylation is 1. The Morgan fingerprint density at radius 3 is 1.81 bits per heavy atom. The first-order valence-corrected chi connectivity index (χ1v) is 5.33. The van der Waals surface area contributed by atoms with Gasteiger partial charge in [-0.2, -0.15) is 0 Å². The van der Waals surface area contributed by atoms with Gasteiger partial charge in [0.2, 0.25) is 0 Å². The van der Waals surface area contributed by atoms with Crippen LogP contribution >= 0.6 is 0 Å². The lowest BCUT2D eigenvalue weighted by atomic mass is 10.0. The molecule has 2 rings (SSSR count). The molecule has 0 amide bonds. The van der Waals surface area contributed by atoms with Crippen LogP contribution in [0.5, 0.6) is 0 Å². The van der Waals surface area contributed by atoms with Gasteiger partial charge in [-0.3, -0.25) is 0 Å². The van der Waals surface area contributed by atoms with Crippen molar-refractivity contribution in [1.29, 1.82) is 0 Å². The van der Waals surface area contributed by atoms with E-state index in [0.717, 1.165) is 6.42 Å². The molecule has 0 aliphatic rings. The minimum atomic E-state index is 1.11. The number of hydrogen-bond donors (Lipinski definition) is 0. The molecule has 0 spiro atoms. The molecule has 0 aliphatic carbocycles. The first-order valence-electron chi connectivity index (χ1n) is 5.33. The van der Waals surface area contributed by atoms with Crippen molar-refractivity contribution in [2.45, 2.75) is 13.3 Å². The number of hydrogen-bond acceptors (Lipinski definition) is 1. The molecule has 0 fully saturated rings. The van der Waals surface area contributed by atoms with Gasteiger partial charge in [-0.1, -0.05) is 61.5 Å². The summed E-state index contributed by atoms with van der Waals surface area (Å²) in [6, 6.07) is 19.2. The maximum atomic E-state index is 8.00. The Balaban J connectivity index is 0.000000606. The topological polar surface area (TPSA) is 17.1 Å². The maximum absolute atomic E-state index is 8.00. The van der Waals surface area contributed by atoms with Gasteiger partial charge >= 0.3 is 0 Å². The molecule has 0 heterocycles. The molecular formula is C15H16O. The molecule has 1 heteroatoms. The van der Waals surface area contributed by atoms with Crippen LogP contribution in [0.3, 0.4) is 0 Å². The molecule has 82 valence electrons. The van der Waals surface area contributed by atoms with E-state index in [9.17, 15) is 0 Å². The van der Waals surface area contributed by atoms with E-state index in [0.29, 0.717) is 0 Å². The minimum Gasteiger partial charge on any atom is -0.307 e. The van der Waals surface area contributed by atoms with Gasteiger partial charge in [0.25, 0.3) is 0 Å². The van der Waals surface area contributed by atoms with Crippen molar-refractivity contribution < 1.29 is 4.79 Å². The monoisotopic (exact) mass is 212 g/mol. The Morgan fingerprint density at radius 1 is 0.812 bits per heavy atom.